The van der Waals surface area contributed by atoms with Gasteiger partial charge in [0, 0.05) is 0 Å². The van der Waals surface area contributed by atoms with E-state index in [1.165, 1.54) is 0 Å². The van der Waals surface area contributed by atoms with E-state index < -0.39 is 5.97 Å². The Hall–Kier alpha value is -1.12. The van der Waals surface area contributed by atoms with Gasteiger partial charge in [0.05, 0.1) is 6.42 Å². The lowest BCUT2D eigenvalue weighted by Crippen LogP contribution is -2.02. The maximum absolute atomic E-state index is 10.2. The van der Waals surface area contributed by atoms with Gasteiger partial charge >= 0.3 is 5.97 Å². The Morgan fingerprint density at radius 2 is 2.55 bits per heavy atom. The fourth-order valence-corrected chi connectivity index (χ4v) is 1.30. The summed E-state index contributed by atoms with van der Waals surface area (Å²) in [5.74, 6) is -0.717. The van der Waals surface area contributed by atoms with Crippen molar-refractivity contribution in [3.8, 4) is 0 Å². The Balaban J connectivity index is 2.46. The summed E-state index contributed by atoms with van der Waals surface area (Å²) in [6.07, 6.45) is 4.27. The van der Waals surface area contributed by atoms with Gasteiger partial charge in [0.15, 0.2) is 0 Å². The first-order chi connectivity index (χ1) is 5.22. The highest BCUT2D eigenvalue weighted by atomic mass is 16.4. The third-order valence-electron chi connectivity index (χ3n) is 1.84. The molecular formula is C8H10O3. The highest BCUT2D eigenvalue weighted by Crippen LogP contribution is 2.24. The molecule has 0 saturated heterocycles. The van der Waals surface area contributed by atoms with Crippen LogP contribution in [0.4, 0.5) is 0 Å². The molecule has 0 fully saturated rings. The second-order valence-electron chi connectivity index (χ2n) is 2.76. The first kappa shape index (κ1) is 7.98. The number of carbonyl (C=O) groups excluding carboxylic acids is 1. The monoisotopic (exact) mass is 154 g/mol. The number of carboxylic acid groups (broad SMARTS) is 1. The van der Waals surface area contributed by atoms with E-state index in [0.29, 0.717) is 0 Å². The minimum Gasteiger partial charge on any atom is -0.481 e. The Morgan fingerprint density at radius 3 is 3.00 bits per heavy atom. The third-order valence-corrected chi connectivity index (χ3v) is 1.84. The lowest BCUT2D eigenvalue weighted by Gasteiger charge is -1.99. The molecule has 11 heavy (non-hydrogen) atoms. The molecule has 3 heteroatoms. The molecule has 1 aliphatic carbocycles. The zero-order valence-corrected chi connectivity index (χ0v) is 6.12. The molecule has 1 aliphatic rings. The molecule has 0 aliphatic heterocycles. The normalized spacial score (nSPS) is 22.9. The van der Waals surface area contributed by atoms with Gasteiger partial charge in [0.25, 0.3) is 0 Å². The molecular weight excluding hydrogens is 144 g/mol. The number of aliphatic carboxylic acids is 1. The largest absolute Gasteiger partial charge is 0.481 e. The molecule has 1 rings (SSSR count). The number of hydrogen-bond acceptors (Lipinski definition) is 2. The van der Waals surface area contributed by atoms with Crippen LogP contribution in [0.15, 0.2) is 11.6 Å². The molecule has 1 unspecified atom stereocenters. The molecule has 0 radical (unpaired) electrons. The molecule has 1 N–H and O–H groups in total. The van der Waals surface area contributed by atoms with Crippen molar-refractivity contribution in [3.63, 3.8) is 0 Å². The third kappa shape index (κ3) is 2.18. The lowest BCUT2D eigenvalue weighted by molar-refractivity contribution is -0.137. The molecule has 0 bridgehead atoms. The highest BCUT2D eigenvalue weighted by Gasteiger charge is 2.17. The summed E-state index contributed by atoms with van der Waals surface area (Å²) >= 11 is 0. The van der Waals surface area contributed by atoms with E-state index in [0.717, 1.165) is 24.7 Å². The Kier molecular flexibility index (Phi) is 2.41. The van der Waals surface area contributed by atoms with E-state index in [-0.39, 0.29) is 12.3 Å². The van der Waals surface area contributed by atoms with E-state index in [2.05, 4.69) is 0 Å². The van der Waals surface area contributed by atoms with Gasteiger partial charge in [0.1, 0.15) is 6.29 Å². The summed E-state index contributed by atoms with van der Waals surface area (Å²) in [6.45, 7) is 0. The van der Waals surface area contributed by atoms with Crippen molar-refractivity contribution in [3.05, 3.63) is 11.6 Å². The van der Waals surface area contributed by atoms with Crippen LogP contribution in [0.2, 0.25) is 0 Å². The van der Waals surface area contributed by atoms with Crippen LogP contribution in [0.1, 0.15) is 19.3 Å². The molecule has 0 heterocycles. The van der Waals surface area contributed by atoms with Gasteiger partial charge in [0.2, 0.25) is 0 Å². The van der Waals surface area contributed by atoms with Crippen molar-refractivity contribution >= 4 is 12.3 Å². The molecule has 0 saturated carbocycles. The Morgan fingerprint density at radius 1 is 1.82 bits per heavy atom. The number of aldehydes is 1. The van der Waals surface area contributed by atoms with Gasteiger partial charge < -0.3 is 5.11 Å². The maximum Gasteiger partial charge on any atom is 0.303 e. The summed E-state index contributed by atoms with van der Waals surface area (Å²) in [6, 6.07) is 0. The van der Waals surface area contributed by atoms with Crippen molar-refractivity contribution in [1.29, 1.82) is 0 Å². The second-order valence-corrected chi connectivity index (χ2v) is 2.76. The SMILES string of the molecule is O=CC1=CC(CC(=O)O)CC1. The Bertz CT molecular complexity index is 205. The summed E-state index contributed by atoms with van der Waals surface area (Å²) in [5.41, 5.74) is 0.747. The summed E-state index contributed by atoms with van der Waals surface area (Å²) < 4.78 is 0. The van der Waals surface area contributed by atoms with E-state index in [1.807, 2.05) is 0 Å². The number of rotatable bonds is 3. The van der Waals surface area contributed by atoms with Crippen LogP contribution in [0.25, 0.3) is 0 Å². The summed E-state index contributed by atoms with van der Waals surface area (Å²) in [4.78, 5) is 20.5. The van der Waals surface area contributed by atoms with Crippen LogP contribution in [-0.2, 0) is 9.59 Å². The molecule has 60 valence electrons. The zero-order chi connectivity index (χ0) is 8.27. The quantitative estimate of drug-likeness (QED) is 0.617. The first-order valence-electron chi connectivity index (χ1n) is 3.60. The maximum atomic E-state index is 10.2. The van der Waals surface area contributed by atoms with Crippen LogP contribution in [-0.4, -0.2) is 17.4 Å². The van der Waals surface area contributed by atoms with Gasteiger partial charge in [-0.2, -0.15) is 0 Å². The molecule has 3 nitrogen and oxygen atoms in total. The average molecular weight is 154 g/mol. The van der Waals surface area contributed by atoms with Crippen LogP contribution >= 0.6 is 0 Å². The number of hydrogen-bond donors (Lipinski definition) is 1. The van der Waals surface area contributed by atoms with E-state index in [9.17, 15) is 9.59 Å². The van der Waals surface area contributed by atoms with E-state index in [1.54, 1.807) is 6.08 Å². The van der Waals surface area contributed by atoms with Gasteiger partial charge in [-0.1, -0.05) is 6.08 Å². The minimum atomic E-state index is -0.793. The first-order valence-corrected chi connectivity index (χ1v) is 3.60. The molecule has 0 aromatic rings. The molecule has 0 amide bonds. The molecule has 0 spiro atoms. The van der Waals surface area contributed by atoms with Crippen molar-refractivity contribution in [2.75, 3.05) is 0 Å². The number of carboxylic acids is 1. The molecule has 0 aromatic heterocycles. The second kappa shape index (κ2) is 3.32. The van der Waals surface area contributed by atoms with E-state index >= 15 is 0 Å². The van der Waals surface area contributed by atoms with E-state index in [4.69, 9.17) is 5.11 Å². The molecule has 1 atom stereocenters. The zero-order valence-electron chi connectivity index (χ0n) is 6.12. The van der Waals surface area contributed by atoms with Gasteiger partial charge in [-0.3, -0.25) is 9.59 Å². The van der Waals surface area contributed by atoms with Crippen LogP contribution in [0.5, 0.6) is 0 Å². The predicted octanol–water partition coefficient (Wildman–Crippen LogP) is 0.996. The fourth-order valence-electron chi connectivity index (χ4n) is 1.30. The summed E-state index contributed by atoms with van der Waals surface area (Å²) in [7, 11) is 0. The lowest BCUT2D eigenvalue weighted by atomic mass is 10.1. The number of carbonyl (C=O) groups is 2. The van der Waals surface area contributed by atoms with Crippen molar-refractivity contribution in [1.82, 2.24) is 0 Å². The highest BCUT2D eigenvalue weighted by molar-refractivity contribution is 5.75. The van der Waals surface area contributed by atoms with Crippen LogP contribution in [0, 0.1) is 5.92 Å². The van der Waals surface area contributed by atoms with Gasteiger partial charge in [-0.15, -0.1) is 0 Å². The van der Waals surface area contributed by atoms with Crippen LogP contribution < -0.4 is 0 Å². The average Bonchev–Trinajstić information content (AvgIpc) is 2.34. The molecule has 0 aromatic carbocycles. The van der Waals surface area contributed by atoms with Gasteiger partial charge in [-0.25, -0.2) is 0 Å². The number of allylic oxidation sites excluding steroid dienone is 2. The van der Waals surface area contributed by atoms with Gasteiger partial charge in [-0.05, 0) is 24.3 Å². The van der Waals surface area contributed by atoms with Crippen molar-refractivity contribution < 1.29 is 14.7 Å². The fraction of sp³-hybridized carbons (Fsp3) is 0.500. The predicted molar refractivity (Wildman–Crippen MR) is 39.1 cm³/mol. The van der Waals surface area contributed by atoms with Crippen LogP contribution in [0.3, 0.4) is 0 Å². The van der Waals surface area contributed by atoms with Crippen molar-refractivity contribution in [2.24, 2.45) is 5.92 Å². The smallest absolute Gasteiger partial charge is 0.303 e. The van der Waals surface area contributed by atoms with Crippen molar-refractivity contribution in [2.45, 2.75) is 19.3 Å². The topological polar surface area (TPSA) is 54.4 Å². The Labute approximate surface area is 64.7 Å². The minimum absolute atomic E-state index is 0.0766. The standard InChI is InChI=1S/C8H10O3/c9-5-7-2-1-6(3-7)4-8(10)11/h3,5-6H,1-2,4H2,(H,10,11). The summed E-state index contributed by atoms with van der Waals surface area (Å²) in [5, 5.41) is 8.42.